The molecule has 0 aromatic heterocycles. The molecule has 20 heavy (non-hydrogen) atoms. The van der Waals surface area contributed by atoms with Crippen LogP contribution in [0.3, 0.4) is 0 Å². The number of rotatable bonds is 0. The Bertz CT molecular complexity index is 765. The van der Waals surface area contributed by atoms with Crippen LogP contribution in [0.15, 0.2) is 48.1 Å². The lowest BCUT2D eigenvalue weighted by molar-refractivity contribution is 0.634. The summed E-state index contributed by atoms with van der Waals surface area (Å²) >= 11 is 6.35. The molecule has 0 radical (unpaired) electrons. The van der Waals surface area contributed by atoms with E-state index in [2.05, 4.69) is 43.3 Å². The van der Waals surface area contributed by atoms with Crippen molar-refractivity contribution >= 4 is 27.9 Å². The van der Waals surface area contributed by atoms with E-state index in [1.165, 1.54) is 40.3 Å². The van der Waals surface area contributed by atoms with Crippen molar-refractivity contribution in [2.24, 2.45) is 5.92 Å². The molecule has 0 bridgehead atoms. The molecule has 0 N–H and O–H groups in total. The van der Waals surface area contributed by atoms with Crippen LogP contribution in [0.4, 0.5) is 0 Å². The van der Waals surface area contributed by atoms with Gasteiger partial charge >= 0.3 is 0 Å². The molecule has 2 aromatic rings. The molecule has 1 unspecified atom stereocenters. The average molecular weight is 281 g/mol. The smallest absolute Gasteiger partial charge is 0.0484 e. The van der Waals surface area contributed by atoms with Gasteiger partial charge in [-0.1, -0.05) is 60.5 Å². The van der Waals surface area contributed by atoms with Gasteiger partial charge in [-0.05, 0) is 53.3 Å². The number of allylic oxidation sites excluding steroid dienone is 4. The fourth-order valence-corrected chi connectivity index (χ4v) is 3.98. The van der Waals surface area contributed by atoms with E-state index in [4.69, 9.17) is 11.6 Å². The Kier molecular flexibility index (Phi) is 2.75. The lowest BCUT2D eigenvalue weighted by Crippen LogP contribution is -2.15. The second-order valence-electron chi connectivity index (χ2n) is 5.91. The highest BCUT2D eigenvalue weighted by atomic mass is 35.5. The number of hydrogen-bond donors (Lipinski definition) is 0. The summed E-state index contributed by atoms with van der Waals surface area (Å²) < 4.78 is 0. The molecule has 0 saturated heterocycles. The van der Waals surface area contributed by atoms with Crippen molar-refractivity contribution in [2.75, 3.05) is 0 Å². The van der Waals surface area contributed by atoms with Gasteiger partial charge in [-0.25, -0.2) is 0 Å². The van der Waals surface area contributed by atoms with Gasteiger partial charge in [0.25, 0.3) is 0 Å². The summed E-state index contributed by atoms with van der Waals surface area (Å²) in [5, 5.41) is 3.37. The largest absolute Gasteiger partial charge is 0.0837 e. The zero-order valence-electron chi connectivity index (χ0n) is 11.6. The van der Waals surface area contributed by atoms with Crippen LogP contribution >= 0.6 is 11.6 Å². The molecule has 1 atom stereocenters. The third-order valence-corrected chi connectivity index (χ3v) is 5.06. The van der Waals surface area contributed by atoms with Crippen molar-refractivity contribution in [3.63, 3.8) is 0 Å². The Balaban J connectivity index is 2.05. The second-order valence-corrected chi connectivity index (χ2v) is 6.32. The predicted octanol–water partition coefficient (Wildman–Crippen LogP) is 5.79. The maximum atomic E-state index is 6.35. The molecule has 0 heterocycles. The van der Waals surface area contributed by atoms with E-state index >= 15 is 0 Å². The number of hydrogen-bond acceptors (Lipinski definition) is 0. The van der Waals surface area contributed by atoms with Gasteiger partial charge in [0, 0.05) is 10.4 Å². The van der Waals surface area contributed by atoms with Crippen molar-refractivity contribution in [3.8, 4) is 0 Å². The molecule has 2 aliphatic rings. The SMILES string of the molecule is CC1Cc2c(ccc3c(Cl)cccc23)C2=C1CCC=C2. The van der Waals surface area contributed by atoms with Gasteiger partial charge in [0.2, 0.25) is 0 Å². The van der Waals surface area contributed by atoms with E-state index in [1.807, 2.05) is 6.07 Å². The average Bonchev–Trinajstić information content (AvgIpc) is 2.48. The molecule has 1 heteroatoms. The molecule has 0 aliphatic heterocycles. The van der Waals surface area contributed by atoms with E-state index in [1.54, 1.807) is 5.57 Å². The predicted molar refractivity (Wildman–Crippen MR) is 87.1 cm³/mol. The van der Waals surface area contributed by atoms with Crippen LogP contribution in [0, 0.1) is 5.92 Å². The summed E-state index contributed by atoms with van der Waals surface area (Å²) in [5.74, 6) is 0.645. The Morgan fingerprint density at radius 1 is 1.10 bits per heavy atom. The molecule has 0 amide bonds. The van der Waals surface area contributed by atoms with Gasteiger partial charge in [0.1, 0.15) is 0 Å². The lowest BCUT2D eigenvalue weighted by Gasteiger charge is -2.30. The van der Waals surface area contributed by atoms with E-state index in [9.17, 15) is 0 Å². The van der Waals surface area contributed by atoms with Crippen molar-refractivity contribution in [3.05, 3.63) is 64.2 Å². The molecule has 0 nitrogen and oxygen atoms in total. The standard InChI is InChI=1S/C19H17Cl/c1-12-11-18-15-7-4-8-19(20)17(15)10-9-16(18)14-6-3-2-5-13(12)14/h3-4,6-10,12H,2,5,11H2,1H3. The molecule has 100 valence electrons. The third-order valence-electron chi connectivity index (χ3n) is 4.73. The highest BCUT2D eigenvalue weighted by Gasteiger charge is 2.25. The Morgan fingerprint density at radius 3 is 2.90 bits per heavy atom. The molecule has 2 aliphatic carbocycles. The minimum Gasteiger partial charge on any atom is -0.0837 e. The molecule has 0 fully saturated rings. The first kappa shape index (κ1) is 12.2. The van der Waals surface area contributed by atoms with Crippen molar-refractivity contribution in [2.45, 2.75) is 26.2 Å². The van der Waals surface area contributed by atoms with E-state index < -0.39 is 0 Å². The zero-order chi connectivity index (χ0) is 13.7. The quantitative estimate of drug-likeness (QED) is 0.573. The van der Waals surface area contributed by atoms with Crippen molar-refractivity contribution in [1.82, 2.24) is 0 Å². The van der Waals surface area contributed by atoms with E-state index in [-0.39, 0.29) is 0 Å². The first-order valence-corrected chi connectivity index (χ1v) is 7.73. The number of benzene rings is 2. The summed E-state index contributed by atoms with van der Waals surface area (Å²) in [4.78, 5) is 0. The normalized spacial score (nSPS) is 21.0. The fraction of sp³-hybridized carbons (Fsp3) is 0.263. The highest BCUT2D eigenvalue weighted by molar-refractivity contribution is 6.35. The van der Waals surface area contributed by atoms with Crippen LogP contribution < -0.4 is 0 Å². The Morgan fingerprint density at radius 2 is 2.00 bits per heavy atom. The molecular weight excluding hydrogens is 264 g/mol. The first-order chi connectivity index (χ1) is 9.75. The number of halogens is 1. The van der Waals surface area contributed by atoms with Gasteiger partial charge < -0.3 is 0 Å². The van der Waals surface area contributed by atoms with Gasteiger partial charge in [0.15, 0.2) is 0 Å². The van der Waals surface area contributed by atoms with Crippen LogP contribution in [0.25, 0.3) is 16.3 Å². The lowest BCUT2D eigenvalue weighted by atomic mass is 9.74. The van der Waals surface area contributed by atoms with Gasteiger partial charge in [-0.2, -0.15) is 0 Å². The summed E-state index contributed by atoms with van der Waals surface area (Å²) in [6.07, 6.45) is 8.18. The van der Waals surface area contributed by atoms with E-state index in [0.717, 1.165) is 11.4 Å². The monoisotopic (exact) mass is 280 g/mol. The fourth-order valence-electron chi connectivity index (χ4n) is 3.74. The van der Waals surface area contributed by atoms with Crippen LogP contribution in [-0.2, 0) is 6.42 Å². The minimum atomic E-state index is 0.645. The van der Waals surface area contributed by atoms with Crippen LogP contribution in [-0.4, -0.2) is 0 Å². The Hall–Kier alpha value is -1.53. The van der Waals surface area contributed by atoms with Gasteiger partial charge in [0.05, 0.1) is 0 Å². The molecule has 4 rings (SSSR count). The summed E-state index contributed by atoms with van der Waals surface area (Å²) in [5.41, 5.74) is 6.00. The number of fused-ring (bicyclic) bond motifs is 4. The van der Waals surface area contributed by atoms with Crippen molar-refractivity contribution < 1.29 is 0 Å². The van der Waals surface area contributed by atoms with Crippen LogP contribution in [0.2, 0.25) is 5.02 Å². The molecule has 2 aromatic carbocycles. The van der Waals surface area contributed by atoms with Gasteiger partial charge in [-0.3, -0.25) is 0 Å². The van der Waals surface area contributed by atoms with Crippen LogP contribution in [0.1, 0.15) is 30.9 Å². The zero-order valence-corrected chi connectivity index (χ0v) is 12.4. The molecule has 0 spiro atoms. The second kappa shape index (κ2) is 4.49. The minimum absolute atomic E-state index is 0.645. The molecule has 0 saturated carbocycles. The van der Waals surface area contributed by atoms with Crippen LogP contribution in [0.5, 0.6) is 0 Å². The maximum absolute atomic E-state index is 6.35. The topological polar surface area (TPSA) is 0 Å². The van der Waals surface area contributed by atoms with E-state index in [0.29, 0.717) is 5.92 Å². The Labute approximate surface area is 124 Å². The molecular formula is C19H17Cl. The highest BCUT2D eigenvalue weighted by Crippen LogP contribution is 2.43. The van der Waals surface area contributed by atoms with Gasteiger partial charge in [-0.15, -0.1) is 0 Å². The summed E-state index contributed by atoms with van der Waals surface area (Å²) in [7, 11) is 0. The van der Waals surface area contributed by atoms with Crippen molar-refractivity contribution in [1.29, 1.82) is 0 Å². The maximum Gasteiger partial charge on any atom is 0.0484 e. The summed E-state index contributed by atoms with van der Waals surface area (Å²) in [6, 6.07) is 10.7. The first-order valence-electron chi connectivity index (χ1n) is 7.36. The summed E-state index contributed by atoms with van der Waals surface area (Å²) in [6.45, 7) is 2.36. The third kappa shape index (κ3) is 1.68.